The predicted octanol–water partition coefficient (Wildman–Crippen LogP) is 3.16. The van der Waals surface area contributed by atoms with Crippen LogP contribution < -0.4 is 16.4 Å². The molecule has 0 saturated heterocycles. The molecule has 1 unspecified atom stereocenters. The van der Waals surface area contributed by atoms with Crippen molar-refractivity contribution < 1.29 is 42.6 Å². The molecule has 0 saturated carbocycles. The molecule has 0 radical (unpaired) electrons. The molecule has 14 heteroatoms. The van der Waals surface area contributed by atoms with Gasteiger partial charge in [0.1, 0.15) is 6.54 Å². The first-order valence-electron chi connectivity index (χ1n) is 13.1. The summed E-state index contributed by atoms with van der Waals surface area (Å²) in [5, 5.41) is 16.4. The van der Waals surface area contributed by atoms with Crippen LogP contribution in [-0.2, 0) is 27.3 Å². The van der Waals surface area contributed by atoms with Crippen LogP contribution in [0.5, 0.6) is 0 Å². The van der Waals surface area contributed by atoms with E-state index in [0.29, 0.717) is 24.3 Å². The molecule has 2 amide bonds. The fraction of sp³-hybridized carbons (Fsp3) is 0.393. The normalized spacial score (nSPS) is 13.8. The lowest BCUT2D eigenvalue weighted by atomic mass is 10.0. The molecule has 2 aromatic carbocycles. The van der Waals surface area contributed by atoms with Gasteiger partial charge in [0.25, 0.3) is 5.91 Å². The molecule has 1 heterocycles. The Balaban J connectivity index is 0.000000782. The van der Waals surface area contributed by atoms with Crippen molar-refractivity contribution in [2.75, 3.05) is 18.0 Å². The molecule has 0 aromatic heterocycles. The third-order valence-corrected chi connectivity index (χ3v) is 6.30. The largest absolute Gasteiger partial charge is 0.490 e. The Labute approximate surface area is 240 Å². The summed E-state index contributed by atoms with van der Waals surface area (Å²) >= 11 is 0. The van der Waals surface area contributed by atoms with Gasteiger partial charge in [-0.15, -0.1) is 0 Å². The van der Waals surface area contributed by atoms with Crippen molar-refractivity contribution >= 4 is 35.4 Å². The molecule has 1 aliphatic heterocycles. The van der Waals surface area contributed by atoms with Crippen LogP contribution in [0, 0.1) is 0 Å². The van der Waals surface area contributed by atoms with Crippen molar-refractivity contribution in [3.8, 4) is 0 Å². The maximum absolute atomic E-state index is 13.6. The number of amides is 2. The molecule has 0 aliphatic carbocycles. The fourth-order valence-corrected chi connectivity index (χ4v) is 4.22. The molecule has 1 atom stereocenters. The zero-order valence-corrected chi connectivity index (χ0v) is 23.0. The fourth-order valence-electron chi connectivity index (χ4n) is 4.22. The van der Waals surface area contributed by atoms with Gasteiger partial charge in [-0.3, -0.25) is 19.4 Å². The van der Waals surface area contributed by atoms with Gasteiger partial charge in [0.05, 0.1) is 24.2 Å². The number of hydrogen-bond acceptors (Lipinski definition) is 5. The maximum Gasteiger partial charge on any atom is 0.490 e. The number of nitrogens with two attached hydrogens (primary N) is 2. The first kappa shape index (κ1) is 33.6. The van der Waals surface area contributed by atoms with E-state index < -0.39 is 24.2 Å². The molecule has 0 spiro atoms. The van der Waals surface area contributed by atoms with Gasteiger partial charge >= 0.3 is 18.1 Å². The first-order valence-corrected chi connectivity index (χ1v) is 13.1. The van der Waals surface area contributed by atoms with E-state index in [0.717, 1.165) is 36.8 Å². The van der Waals surface area contributed by atoms with Crippen molar-refractivity contribution in [3.63, 3.8) is 0 Å². The highest BCUT2D eigenvalue weighted by molar-refractivity contribution is 6.09. The number of carbonyl (C=O) groups is 4. The number of alkyl halides is 3. The molecule has 1 aliphatic rings. The maximum atomic E-state index is 13.6. The number of fused-ring (bicyclic) bond motifs is 1. The average molecular weight is 594 g/mol. The second-order valence-electron chi connectivity index (χ2n) is 9.62. The van der Waals surface area contributed by atoms with Crippen LogP contribution in [0.1, 0.15) is 54.1 Å². The highest BCUT2D eigenvalue weighted by atomic mass is 19.4. The summed E-state index contributed by atoms with van der Waals surface area (Å²) in [6.07, 6.45) is -1.86. The molecule has 2 aromatic rings. The molecule has 3 rings (SSSR count). The number of halogens is 3. The summed E-state index contributed by atoms with van der Waals surface area (Å²) in [7, 11) is 0. The average Bonchev–Trinajstić information content (AvgIpc) is 3.01. The number of aliphatic imine (C=N–C) groups is 1. The van der Waals surface area contributed by atoms with Crippen LogP contribution in [-0.4, -0.2) is 70.1 Å². The lowest BCUT2D eigenvalue weighted by Gasteiger charge is -2.26. The minimum absolute atomic E-state index is 0.0885. The highest BCUT2D eigenvalue weighted by Crippen LogP contribution is 2.30. The van der Waals surface area contributed by atoms with E-state index in [1.165, 1.54) is 4.90 Å². The Bertz CT molecular complexity index is 1280. The smallest absolute Gasteiger partial charge is 0.481 e. The Morgan fingerprint density at radius 3 is 2.21 bits per heavy atom. The van der Waals surface area contributed by atoms with Gasteiger partial charge in [-0.25, -0.2) is 4.79 Å². The van der Waals surface area contributed by atoms with Gasteiger partial charge in [0.15, 0.2) is 5.96 Å². The van der Waals surface area contributed by atoms with Crippen LogP contribution in [0.15, 0.2) is 53.5 Å². The Morgan fingerprint density at radius 1 is 1.00 bits per heavy atom. The molecular weight excluding hydrogens is 559 g/mol. The number of carboxylic acid groups (broad SMARTS) is 2. The van der Waals surface area contributed by atoms with Gasteiger partial charge in [-0.2, -0.15) is 13.2 Å². The van der Waals surface area contributed by atoms with Crippen molar-refractivity contribution in [2.45, 2.75) is 57.8 Å². The van der Waals surface area contributed by atoms with E-state index in [1.54, 1.807) is 11.8 Å². The summed E-state index contributed by atoms with van der Waals surface area (Å²) < 4.78 is 31.7. The summed E-state index contributed by atoms with van der Waals surface area (Å²) in [6.45, 7) is 2.39. The van der Waals surface area contributed by atoms with Crippen molar-refractivity contribution in [1.29, 1.82) is 0 Å². The van der Waals surface area contributed by atoms with Crippen molar-refractivity contribution in [2.24, 2.45) is 16.5 Å². The number of aliphatic carboxylic acids is 2. The molecule has 11 nitrogen and oxygen atoms in total. The SMILES string of the molecule is CC(CC(=O)O)N1CC(=O)N(Cc2ccccc2)c2ccc(CCCCCN=C(N)N)cc2C1=O.O=C(O)C(F)(F)F. The summed E-state index contributed by atoms with van der Waals surface area (Å²) in [5.74, 6) is -4.26. The van der Waals surface area contributed by atoms with Gasteiger partial charge < -0.3 is 31.5 Å². The third kappa shape index (κ3) is 10.4. The van der Waals surface area contributed by atoms with E-state index in [9.17, 15) is 32.7 Å². The molecule has 42 heavy (non-hydrogen) atoms. The van der Waals surface area contributed by atoms with E-state index in [4.69, 9.17) is 21.4 Å². The number of guanidine groups is 1. The van der Waals surface area contributed by atoms with Crippen LogP contribution in [0.3, 0.4) is 0 Å². The van der Waals surface area contributed by atoms with E-state index in [2.05, 4.69) is 4.99 Å². The number of nitrogens with zero attached hydrogens (tertiary/aromatic N) is 3. The standard InChI is InChI=1S/C26H33N5O4.C2HF3O2/c1-18(14-24(33)34)30-17-23(32)31(16-20-9-4-2-5-10-20)22-12-11-19(15-21(22)25(30)35)8-6-3-7-13-29-26(27)28;3-2(4,5)1(6)7/h2,4-5,9-12,15,18H,3,6-8,13-14,16-17H2,1H3,(H,33,34)(H4,27,28,29);(H,6,7). The monoisotopic (exact) mass is 593 g/mol. The summed E-state index contributed by atoms with van der Waals surface area (Å²) in [5.41, 5.74) is 13.6. The van der Waals surface area contributed by atoms with Crippen LogP contribution in [0.4, 0.5) is 18.9 Å². The lowest BCUT2D eigenvalue weighted by Crippen LogP contribution is -2.44. The third-order valence-electron chi connectivity index (χ3n) is 6.30. The molecule has 0 fully saturated rings. The van der Waals surface area contributed by atoms with Crippen LogP contribution in [0.2, 0.25) is 0 Å². The summed E-state index contributed by atoms with van der Waals surface area (Å²) in [4.78, 5) is 54.0. The van der Waals surface area contributed by atoms with Gasteiger partial charge in [0, 0.05) is 12.6 Å². The number of aryl methyl sites for hydroxylation is 1. The molecule has 0 bridgehead atoms. The summed E-state index contributed by atoms with van der Waals surface area (Å²) in [6, 6.07) is 14.6. The zero-order chi connectivity index (χ0) is 31.4. The zero-order valence-electron chi connectivity index (χ0n) is 23.0. The number of anilines is 1. The minimum Gasteiger partial charge on any atom is -0.481 e. The van der Waals surface area contributed by atoms with Crippen LogP contribution in [0.25, 0.3) is 0 Å². The van der Waals surface area contributed by atoms with E-state index in [-0.39, 0.29) is 30.7 Å². The predicted molar refractivity (Wildman–Crippen MR) is 149 cm³/mol. The Hall–Kier alpha value is -4.62. The van der Waals surface area contributed by atoms with Gasteiger partial charge in [0.2, 0.25) is 5.91 Å². The first-order chi connectivity index (χ1) is 19.7. The quantitative estimate of drug-likeness (QED) is 0.174. The number of hydrogen-bond donors (Lipinski definition) is 4. The Morgan fingerprint density at radius 2 is 1.64 bits per heavy atom. The second kappa shape index (κ2) is 15.4. The number of carboxylic acids is 2. The van der Waals surface area contributed by atoms with E-state index >= 15 is 0 Å². The number of carbonyl (C=O) groups excluding carboxylic acids is 2. The van der Waals surface area contributed by atoms with Crippen molar-refractivity contribution in [3.05, 3.63) is 65.2 Å². The van der Waals surface area contributed by atoms with Crippen molar-refractivity contribution in [1.82, 2.24) is 4.90 Å². The number of benzene rings is 2. The molecule has 6 N–H and O–H groups in total. The topological polar surface area (TPSA) is 180 Å². The van der Waals surface area contributed by atoms with E-state index in [1.807, 2.05) is 48.5 Å². The Kier molecular flexibility index (Phi) is 12.3. The number of unbranched alkanes of at least 4 members (excludes halogenated alkanes) is 2. The second-order valence-corrected chi connectivity index (χ2v) is 9.62. The number of rotatable bonds is 11. The minimum atomic E-state index is -5.08. The van der Waals surface area contributed by atoms with Gasteiger partial charge in [-0.1, -0.05) is 42.8 Å². The van der Waals surface area contributed by atoms with Crippen LogP contribution >= 0.6 is 0 Å². The highest BCUT2D eigenvalue weighted by Gasteiger charge is 2.38. The lowest BCUT2D eigenvalue weighted by molar-refractivity contribution is -0.192. The molecule has 228 valence electrons. The van der Waals surface area contributed by atoms with Gasteiger partial charge in [-0.05, 0) is 49.4 Å². The molecular formula is C28H34F3N5O6.